The zero-order valence-electron chi connectivity index (χ0n) is 11.2. The highest BCUT2D eigenvalue weighted by Gasteiger charge is 2.38. The second-order valence-electron chi connectivity index (χ2n) is 4.96. The van der Waals surface area contributed by atoms with E-state index in [0.29, 0.717) is 18.5 Å². The Labute approximate surface area is 117 Å². The van der Waals surface area contributed by atoms with Gasteiger partial charge >= 0.3 is 0 Å². The van der Waals surface area contributed by atoms with Crippen molar-refractivity contribution in [2.24, 2.45) is 11.5 Å². The fraction of sp³-hybridized carbons (Fsp3) is 0.429. The van der Waals surface area contributed by atoms with Crippen molar-refractivity contribution >= 4 is 11.8 Å². The van der Waals surface area contributed by atoms with Gasteiger partial charge in [0.2, 0.25) is 5.91 Å². The highest BCUT2D eigenvalue weighted by Crippen LogP contribution is 2.22. The molecular weight excluding hydrogens is 258 g/mol. The molecule has 1 saturated heterocycles. The van der Waals surface area contributed by atoms with Gasteiger partial charge in [-0.25, -0.2) is 0 Å². The number of aliphatic hydroxyl groups excluding tert-OH is 1. The number of primary amides is 1. The topological polar surface area (TPSA) is 110 Å². The molecule has 1 fully saturated rings. The molecule has 1 aromatic carbocycles. The molecule has 0 aliphatic carbocycles. The van der Waals surface area contributed by atoms with Crippen LogP contribution in [-0.2, 0) is 11.2 Å². The number of rotatable bonds is 4. The molecule has 2 rings (SSSR count). The van der Waals surface area contributed by atoms with Gasteiger partial charge in [-0.05, 0) is 24.6 Å². The highest BCUT2D eigenvalue weighted by molar-refractivity contribution is 5.99. The SMILES string of the molecule is NCCc1ccccc1C(=O)N1CC(O)CC1C(N)=O. The summed E-state index contributed by atoms with van der Waals surface area (Å²) in [6, 6.07) is 6.40. The van der Waals surface area contributed by atoms with E-state index >= 15 is 0 Å². The molecular formula is C14H19N3O3. The number of aliphatic hydroxyl groups is 1. The van der Waals surface area contributed by atoms with Gasteiger partial charge in [0.1, 0.15) is 6.04 Å². The van der Waals surface area contributed by atoms with Gasteiger partial charge in [0.15, 0.2) is 0 Å². The number of amides is 2. The number of β-amino-alcohol motifs (C(OH)–C–C–N with tert-alkyl or cyclic N) is 1. The quantitative estimate of drug-likeness (QED) is 0.672. The van der Waals surface area contributed by atoms with E-state index in [2.05, 4.69) is 0 Å². The maximum Gasteiger partial charge on any atom is 0.254 e. The largest absolute Gasteiger partial charge is 0.391 e. The van der Waals surface area contributed by atoms with E-state index in [9.17, 15) is 14.7 Å². The van der Waals surface area contributed by atoms with E-state index in [1.165, 1.54) is 4.90 Å². The molecule has 1 aliphatic heterocycles. The lowest BCUT2D eigenvalue weighted by Gasteiger charge is -2.23. The van der Waals surface area contributed by atoms with Crippen molar-refractivity contribution in [3.63, 3.8) is 0 Å². The highest BCUT2D eigenvalue weighted by atomic mass is 16.3. The van der Waals surface area contributed by atoms with Crippen LogP contribution in [0, 0.1) is 0 Å². The number of likely N-dealkylation sites (tertiary alicyclic amines) is 1. The molecule has 108 valence electrons. The van der Waals surface area contributed by atoms with E-state index in [1.54, 1.807) is 12.1 Å². The van der Waals surface area contributed by atoms with Crippen LogP contribution < -0.4 is 11.5 Å². The molecule has 0 saturated carbocycles. The molecule has 1 heterocycles. The summed E-state index contributed by atoms with van der Waals surface area (Å²) in [6.45, 7) is 0.565. The number of hydrogen-bond acceptors (Lipinski definition) is 4. The summed E-state index contributed by atoms with van der Waals surface area (Å²) in [7, 11) is 0. The fourth-order valence-corrected chi connectivity index (χ4v) is 2.57. The molecule has 1 aliphatic rings. The standard InChI is InChI=1S/C14H19N3O3/c15-6-5-9-3-1-2-4-11(9)14(20)17-8-10(18)7-12(17)13(16)19/h1-4,10,12,18H,5-8,15H2,(H2,16,19). The van der Waals surface area contributed by atoms with Gasteiger partial charge in [0.25, 0.3) is 5.91 Å². The molecule has 1 aromatic rings. The minimum atomic E-state index is -0.747. The van der Waals surface area contributed by atoms with Crippen molar-refractivity contribution in [3.05, 3.63) is 35.4 Å². The Bertz CT molecular complexity index is 518. The summed E-state index contributed by atoms with van der Waals surface area (Å²) in [5.74, 6) is -0.874. The minimum Gasteiger partial charge on any atom is -0.391 e. The van der Waals surface area contributed by atoms with E-state index in [4.69, 9.17) is 11.5 Å². The van der Waals surface area contributed by atoms with Crippen LogP contribution in [0.5, 0.6) is 0 Å². The fourth-order valence-electron chi connectivity index (χ4n) is 2.57. The summed E-state index contributed by atoms with van der Waals surface area (Å²) < 4.78 is 0. The normalized spacial score (nSPS) is 22.0. The van der Waals surface area contributed by atoms with Crippen molar-refractivity contribution in [2.45, 2.75) is 25.0 Å². The molecule has 20 heavy (non-hydrogen) atoms. The summed E-state index contributed by atoms with van der Waals surface area (Å²) in [5, 5.41) is 9.67. The predicted octanol–water partition coefficient (Wildman–Crippen LogP) is -0.751. The molecule has 2 atom stereocenters. The van der Waals surface area contributed by atoms with Crippen molar-refractivity contribution in [3.8, 4) is 0 Å². The zero-order valence-corrected chi connectivity index (χ0v) is 11.2. The Morgan fingerprint density at radius 2 is 2.05 bits per heavy atom. The number of nitrogens with zero attached hydrogens (tertiary/aromatic N) is 1. The van der Waals surface area contributed by atoms with Gasteiger partial charge in [-0.3, -0.25) is 9.59 Å². The molecule has 0 bridgehead atoms. The number of carbonyl (C=O) groups is 2. The smallest absolute Gasteiger partial charge is 0.254 e. The van der Waals surface area contributed by atoms with Crippen LogP contribution in [0.1, 0.15) is 22.3 Å². The van der Waals surface area contributed by atoms with Crippen LogP contribution in [0.2, 0.25) is 0 Å². The van der Waals surface area contributed by atoms with Crippen LogP contribution in [-0.4, -0.2) is 47.1 Å². The zero-order chi connectivity index (χ0) is 14.7. The molecule has 2 amide bonds. The minimum absolute atomic E-state index is 0.128. The lowest BCUT2D eigenvalue weighted by Crippen LogP contribution is -2.44. The average molecular weight is 277 g/mol. The number of benzene rings is 1. The molecule has 6 nitrogen and oxygen atoms in total. The van der Waals surface area contributed by atoms with Crippen LogP contribution in [0.15, 0.2) is 24.3 Å². The molecule has 0 radical (unpaired) electrons. The third-order valence-electron chi connectivity index (χ3n) is 3.53. The summed E-state index contributed by atoms with van der Waals surface area (Å²) in [4.78, 5) is 25.3. The second kappa shape index (κ2) is 6.02. The molecule has 6 heteroatoms. The van der Waals surface area contributed by atoms with E-state index in [1.807, 2.05) is 12.1 Å². The molecule has 2 unspecified atom stereocenters. The van der Waals surface area contributed by atoms with Crippen molar-refractivity contribution < 1.29 is 14.7 Å². The Kier molecular flexibility index (Phi) is 4.36. The number of hydrogen-bond donors (Lipinski definition) is 3. The van der Waals surface area contributed by atoms with Gasteiger partial charge in [-0.1, -0.05) is 18.2 Å². The second-order valence-corrected chi connectivity index (χ2v) is 4.96. The monoisotopic (exact) mass is 277 g/mol. The van der Waals surface area contributed by atoms with E-state index in [-0.39, 0.29) is 18.9 Å². The Balaban J connectivity index is 2.29. The van der Waals surface area contributed by atoms with Crippen molar-refractivity contribution in [1.29, 1.82) is 0 Å². The first kappa shape index (κ1) is 14.5. The van der Waals surface area contributed by atoms with Gasteiger partial charge in [0, 0.05) is 18.5 Å². The number of carbonyl (C=O) groups excluding carboxylic acids is 2. The first-order valence-electron chi connectivity index (χ1n) is 6.61. The van der Waals surface area contributed by atoms with Crippen LogP contribution in [0.25, 0.3) is 0 Å². The summed E-state index contributed by atoms with van der Waals surface area (Å²) in [6.07, 6.45) is 0.0674. The van der Waals surface area contributed by atoms with Gasteiger partial charge in [-0.2, -0.15) is 0 Å². The molecule has 0 aromatic heterocycles. The first-order valence-corrected chi connectivity index (χ1v) is 6.61. The van der Waals surface area contributed by atoms with Crippen molar-refractivity contribution in [1.82, 2.24) is 4.90 Å². The third kappa shape index (κ3) is 2.81. The maximum atomic E-state index is 12.6. The van der Waals surface area contributed by atoms with Gasteiger partial charge in [0.05, 0.1) is 6.10 Å². The van der Waals surface area contributed by atoms with Crippen molar-refractivity contribution in [2.75, 3.05) is 13.1 Å². The lowest BCUT2D eigenvalue weighted by atomic mass is 10.0. The van der Waals surface area contributed by atoms with Crippen LogP contribution in [0.4, 0.5) is 0 Å². The van der Waals surface area contributed by atoms with E-state index in [0.717, 1.165) is 5.56 Å². The van der Waals surface area contributed by atoms with Gasteiger partial charge < -0.3 is 21.5 Å². The number of nitrogens with two attached hydrogens (primary N) is 2. The Morgan fingerprint density at radius 1 is 1.35 bits per heavy atom. The summed E-state index contributed by atoms with van der Waals surface area (Å²) in [5.41, 5.74) is 12.2. The first-order chi connectivity index (χ1) is 9.54. The summed E-state index contributed by atoms with van der Waals surface area (Å²) >= 11 is 0. The van der Waals surface area contributed by atoms with E-state index < -0.39 is 18.1 Å². The Morgan fingerprint density at radius 3 is 2.70 bits per heavy atom. The maximum absolute atomic E-state index is 12.6. The average Bonchev–Trinajstić information content (AvgIpc) is 2.81. The van der Waals surface area contributed by atoms with Gasteiger partial charge in [-0.15, -0.1) is 0 Å². The molecule has 5 N–H and O–H groups in total. The Hall–Kier alpha value is -1.92. The third-order valence-corrected chi connectivity index (χ3v) is 3.53. The van der Waals surface area contributed by atoms with Crippen LogP contribution >= 0.6 is 0 Å². The van der Waals surface area contributed by atoms with Crippen LogP contribution in [0.3, 0.4) is 0 Å². The lowest BCUT2D eigenvalue weighted by molar-refractivity contribution is -0.121. The molecule has 0 spiro atoms. The predicted molar refractivity (Wildman–Crippen MR) is 73.8 cm³/mol.